The Morgan fingerprint density at radius 2 is 1.97 bits per heavy atom. The van der Waals surface area contributed by atoms with Crippen molar-refractivity contribution in [3.8, 4) is 11.5 Å². The van der Waals surface area contributed by atoms with Gasteiger partial charge in [-0.2, -0.15) is 0 Å². The summed E-state index contributed by atoms with van der Waals surface area (Å²) in [5.41, 5.74) is 3.18. The summed E-state index contributed by atoms with van der Waals surface area (Å²) in [7, 11) is 0. The van der Waals surface area contributed by atoms with Gasteiger partial charge in [0.15, 0.2) is 17.2 Å². The van der Waals surface area contributed by atoms with Crippen LogP contribution in [0, 0.1) is 24.0 Å². The van der Waals surface area contributed by atoms with E-state index in [1.165, 1.54) is 13.0 Å². The number of para-hydroxylation sites is 1. The molecule has 0 saturated heterocycles. The summed E-state index contributed by atoms with van der Waals surface area (Å²) in [6.07, 6.45) is 3.28. The normalized spacial score (nSPS) is 12.5. The van der Waals surface area contributed by atoms with Crippen LogP contribution < -0.4 is 14.8 Å². The van der Waals surface area contributed by atoms with E-state index in [9.17, 15) is 14.9 Å². The average Bonchev–Trinajstić information content (AvgIpc) is 3.49. The quantitative estimate of drug-likeness (QED) is 0.327. The molecule has 0 aliphatic carbocycles. The molecule has 0 spiro atoms. The van der Waals surface area contributed by atoms with Gasteiger partial charge in [-0.3, -0.25) is 14.9 Å². The molecule has 1 aliphatic rings. The number of nitrogens with one attached hydrogen (secondary N) is 1. The van der Waals surface area contributed by atoms with Crippen molar-refractivity contribution < 1.29 is 23.7 Å². The van der Waals surface area contributed by atoms with E-state index >= 15 is 0 Å². The van der Waals surface area contributed by atoms with Gasteiger partial charge in [0.05, 0.1) is 4.92 Å². The largest absolute Gasteiger partial charge is 0.454 e. The van der Waals surface area contributed by atoms with Gasteiger partial charge in [0, 0.05) is 33.9 Å². The molecule has 10 heteroatoms. The number of amides is 1. The predicted molar refractivity (Wildman–Crippen MR) is 125 cm³/mol. The van der Waals surface area contributed by atoms with Crippen molar-refractivity contribution in [2.24, 2.45) is 0 Å². The Morgan fingerprint density at radius 1 is 1.18 bits per heavy atom. The number of aromatic nitrogens is 2. The Labute approximate surface area is 193 Å². The summed E-state index contributed by atoms with van der Waals surface area (Å²) in [6, 6.07) is 12.9. The molecule has 1 amide bonds. The van der Waals surface area contributed by atoms with Crippen LogP contribution >= 0.6 is 0 Å². The van der Waals surface area contributed by atoms with Crippen LogP contribution in [0.15, 0.2) is 47.0 Å². The summed E-state index contributed by atoms with van der Waals surface area (Å²) in [4.78, 5) is 23.7. The maximum atomic E-state index is 12.9. The third-order valence-corrected chi connectivity index (χ3v) is 5.68. The molecule has 0 bridgehead atoms. The minimum absolute atomic E-state index is 0.0688. The molecule has 0 unspecified atom stereocenters. The van der Waals surface area contributed by atoms with E-state index in [0.29, 0.717) is 17.2 Å². The van der Waals surface area contributed by atoms with Gasteiger partial charge in [-0.25, -0.2) is 0 Å². The number of aryl methyl sites for hydroxylation is 1. The summed E-state index contributed by atoms with van der Waals surface area (Å²) in [5.74, 6) is 1.09. The molecule has 0 radical (unpaired) electrons. The molecule has 0 saturated carbocycles. The van der Waals surface area contributed by atoms with Gasteiger partial charge in [0.25, 0.3) is 0 Å². The maximum absolute atomic E-state index is 12.9. The third-order valence-electron chi connectivity index (χ3n) is 5.68. The molecule has 10 nitrogen and oxygen atoms in total. The van der Waals surface area contributed by atoms with Crippen molar-refractivity contribution in [2.75, 3.05) is 12.1 Å². The van der Waals surface area contributed by atoms with Crippen molar-refractivity contribution in [1.82, 2.24) is 9.72 Å². The van der Waals surface area contributed by atoms with E-state index in [4.69, 9.17) is 14.0 Å². The van der Waals surface area contributed by atoms with Crippen LogP contribution in [0.4, 0.5) is 11.4 Å². The molecular formula is C24H20N4O6. The molecule has 172 valence electrons. The van der Waals surface area contributed by atoms with Crippen molar-refractivity contribution in [3.63, 3.8) is 0 Å². The SMILES string of the molecule is Cc1noc(/C=C/c2c(C)n(CC(=O)Nc3ccc4c(c3)OCO4)c3ccccc23)c1[N+](=O)[O-]. The number of ether oxygens (including phenoxy) is 2. The fraction of sp³-hybridized carbons (Fsp3) is 0.167. The highest BCUT2D eigenvalue weighted by Gasteiger charge is 2.23. The number of carbonyl (C=O) groups excluding carboxylic acids is 1. The molecule has 2 aromatic heterocycles. The average molecular weight is 460 g/mol. The lowest BCUT2D eigenvalue weighted by molar-refractivity contribution is -0.386. The number of nitrogens with zero attached hydrogens (tertiary/aromatic N) is 3. The van der Waals surface area contributed by atoms with Crippen molar-refractivity contribution >= 4 is 40.3 Å². The third kappa shape index (κ3) is 3.75. The van der Waals surface area contributed by atoms with Crippen LogP contribution in [0.25, 0.3) is 23.1 Å². The molecule has 2 aromatic carbocycles. The monoisotopic (exact) mass is 460 g/mol. The topological polar surface area (TPSA) is 122 Å². The lowest BCUT2D eigenvalue weighted by atomic mass is 10.1. The smallest absolute Gasteiger partial charge is 0.338 e. The van der Waals surface area contributed by atoms with E-state index in [1.54, 1.807) is 24.3 Å². The van der Waals surface area contributed by atoms with Gasteiger partial charge >= 0.3 is 5.69 Å². The number of carbonyl (C=O) groups is 1. The highest BCUT2D eigenvalue weighted by Crippen LogP contribution is 2.34. The molecule has 0 fully saturated rings. The van der Waals surface area contributed by atoms with Crippen LogP contribution in [0.1, 0.15) is 22.7 Å². The minimum Gasteiger partial charge on any atom is -0.454 e. The zero-order valence-corrected chi connectivity index (χ0v) is 18.4. The van der Waals surface area contributed by atoms with Crippen LogP contribution in [0.3, 0.4) is 0 Å². The van der Waals surface area contributed by atoms with Gasteiger partial charge in [-0.05, 0) is 44.2 Å². The Balaban J connectivity index is 1.44. The summed E-state index contributed by atoms with van der Waals surface area (Å²) in [5, 5.41) is 18.8. The lowest BCUT2D eigenvalue weighted by Crippen LogP contribution is -2.19. The van der Waals surface area contributed by atoms with E-state index < -0.39 is 4.92 Å². The summed E-state index contributed by atoms with van der Waals surface area (Å²) >= 11 is 0. The highest BCUT2D eigenvalue weighted by molar-refractivity contribution is 5.96. The first-order valence-electron chi connectivity index (χ1n) is 10.5. The van der Waals surface area contributed by atoms with Gasteiger partial charge in [-0.1, -0.05) is 23.4 Å². The molecular weight excluding hydrogens is 440 g/mol. The van der Waals surface area contributed by atoms with Crippen LogP contribution in [-0.4, -0.2) is 27.3 Å². The Kier molecular flexibility index (Phi) is 5.25. The van der Waals surface area contributed by atoms with E-state index in [2.05, 4.69) is 10.5 Å². The first kappa shape index (κ1) is 21.3. The van der Waals surface area contributed by atoms with Gasteiger partial charge in [-0.15, -0.1) is 0 Å². The van der Waals surface area contributed by atoms with Gasteiger partial charge < -0.3 is 23.9 Å². The van der Waals surface area contributed by atoms with Gasteiger partial charge in [0.1, 0.15) is 6.54 Å². The molecule has 0 atom stereocenters. The summed E-state index contributed by atoms with van der Waals surface area (Å²) < 4.78 is 17.7. The van der Waals surface area contributed by atoms with E-state index in [-0.39, 0.29) is 36.4 Å². The number of hydrogen-bond acceptors (Lipinski definition) is 7. The van der Waals surface area contributed by atoms with Crippen molar-refractivity contribution in [2.45, 2.75) is 20.4 Å². The van der Waals surface area contributed by atoms with E-state index in [1.807, 2.05) is 35.8 Å². The maximum Gasteiger partial charge on any atom is 0.338 e. The second-order valence-corrected chi connectivity index (χ2v) is 7.79. The van der Waals surface area contributed by atoms with Crippen molar-refractivity contribution in [3.05, 3.63) is 75.3 Å². The number of rotatable bonds is 6. The Hall–Kier alpha value is -4.60. The van der Waals surface area contributed by atoms with Crippen LogP contribution in [0.5, 0.6) is 11.5 Å². The molecule has 1 aliphatic heterocycles. The highest BCUT2D eigenvalue weighted by atomic mass is 16.7. The molecule has 34 heavy (non-hydrogen) atoms. The Morgan fingerprint density at radius 3 is 2.79 bits per heavy atom. The fourth-order valence-electron chi connectivity index (χ4n) is 4.06. The zero-order chi connectivity index (χ0) is 23.8. The number of fused-ring (bicyclic) bond motifs is 2. The standard InChI is InChI=1S/C24H20N4O6/c1-14-24(28(30)31)21(34-26-14)10-8-17-15(2)27(19-6-4-3-5-18(17)19)12-23(29)25-16-7-9-20-22(11-16)33-13-32-20/h3-11H,12-13H2,1-2H3,(H,25,29)/b10-8+. The number of nitro groups is 1. The second-order valence-electron chi connectivity index (χ2n) is 7.79. The number of hydrogen-bond donors (Lipinski definition) is 1. The first-order chi connectivity index (χ1) is 16.4. The summed E-state index contributed by atoms with van der Waals surface area (Å²) in [6.45, 7) is 3.66. The van der Waals surface area contributed by atoms with Crippen LogP contribution in [-0.2, 0) is 11.3 Å². The number of benzene rings is 2. The lowest BCUT2D eigenvalue weighted by Gasteiger charge is -2.10. The predicted octanol–water partition coefficient (Wildman–Crippen LogP) is 4.69. The van der Waals surface area contributed by atoms with Crippen molar-refractivity contribution in [1.29, 1.82) is 0 Å². The number of anilines is 1. The molecule has 3 heterocycles. The minimum atomic E-state index is -0.512. The fourth-order valence-corrected chi connectivity index (χ4v) is 4.06. The molecule has 5 rings (SSSR count). The van der Waals surface area contributed by atoms with E-state index in [0.717, 1.165) is 22.2 Å². The first-order valence-corrected chi connectivity index (χ1v) is 10.5. The molecule has 1 N–H and O–H groups in total. The molecule has 4 aromatic rings. The Bertz CT molecular complexity index is 1470. The second kappa shape index (κ2) is 8.39. The van der Waals surface area contributed by atoms with Crippen LogP contribution in [0.2, 0.25) is 0 Å². The zero-order valence-electron chi connectivity index (χ0n) is 18.4. The van der Waals surface area contributed by atoms with Gasteiger partial charge in [0.2, 0.25) is 18.5 Å².